The fourth-order valence-corrected chi connectivity index (χ4v) is 2.45. The Morgan fingerprint density at radius 3 is 2.55 bits per heavy atom. The van der Waals surface area contributed by atoms with Gasteiger partial charge in [0.15, 0.2) is 0 Å². The molecule has 0 aliphatic heterocycles. The third kappa shape index (κ3) is 3.56. The maximum absolute atomic E-state index is 13.9. The molecule has 0 fully saturated rings. The normalized spacial score (nSPS) is 12.4. The lowest BCUT2D eigenvalue weighted by molar-refractivity contribution is 0.509. The average Bonchev–Trinajstić information content (AvgIpc) is 2.42. The minimum Gasteiger partial charge on any atom is -0.310 e. The summed E-state index contributed by atoms with van der Waals surface area (Å²) < 4.78 is 27.0. The molecule has 0 amide bonds. The second kappa shape index (κ2) is 6.82. The number of benzene rings is 2. The molecule has 0 bridgehead atoms. The number of hydrogen-bond acceptors (Lipinski definition) is 1. The van der Waals surface area contributed by atoms with Crippen molar-refractivity contribution in [1.82, 2.24) is 5.32 Å². The molecular weight excluding hydrogens is 280 g/mol. The van der Waals surface area contributed by atoms with E-state index in [1.165, 1.54) is 18.2 Å². The topological polar surface area (TPSA) is 12.0 Å². The summed E-state index contributed by atoms with van der Waals surface area (Å²) in [5.74, 6) is -0.624. The number of hydrogen-bond donors (Lipinski definition) is 1. The Labute approximate surface area is 122 Å². The van der Waals surface area contributed by atoms with Gasteiger partial charge < -0.3 is 5.32 Å². The van der Waals surface area contributed by atoms with Gasteiger partial charge in [0, 0.05) is 16.6 Å². The zero-order valence-corrected chi connectivity index (χ0v) is 11.9. The monoisotopic (exact) mass is 295 g/mol. The van der Waals surface area contributed by atoms with Gasteiger partial charge in [-0.1, -0.05) is 42.8 Å². The molecule has 0 aliphatic rings. The highest BCUT2D eigenvalue weighted by Gasteiger charge is 2.16. The first kappa shape index (κ1) is 14.9. The van der Waals surface area contributed by atoms with Gasteiger partial charge in [-0.15, -0.1) is 0 Å². The predicted octanol–water partition coefficient (Wildman–Crippen LogP) is 4.51. The van der Waals surface area contributed by atoms with Crippen LogP contribution in [0.2, 0.25) is 5.02 Å². The molecule has 1 N–H and O–H groups in total. The van der Waals surface area contributed by atoms with Crippen molar-refractivity contribution in [2.75, 3.05) is 6.54 Å². The van der Waals surface area contributed by atoms with Crippen LogP contribution in [0, 0.1) is 11.6 Å². The van der Waals surface area contributed by atoms with Crippen molar-refractivity contribution in [2.45, 2.75) is 19.4 Å². The average molecular weight is 296 g/mol. The number of nitrogens with one attached hydrogen (secondary N) is 1. The first-order valence-corrected chi connectivity index (χ1v) is 6.91. The van der Waals surface area contributed by atoms with Crippen LogP contribution in [0.15, 0.2) is 42.5 Å². The number of rotatable bonds is 5. The fraction of sp³-hybridized carbons (Fsp3) is 0.250. The Balaban J connectivity index is 2.28. The van der Waals surface area contributed by atoms with E-state index in [2.05, 4.69) is 5.32 Å². The fourth-order valence-electron chi connectivity index (χ4n) is 2.20. The van der Waals surface area contributed by atoms with Crippen molar-refractivity contribution in [1.29, 1.82) is 0 Å². The summed E-state index contributed by atoms with van der Waals surface area (Å²) in [6.45, 7) is 2.66. The highest BCUT2D eigenvalue weighted by Crippen LogP contribution is 2.25. The Hall–Kier alpha value is -1.45. The third-order valence-corrected chi connectivity index (χ3v) is 3.52. The van der Waals surface area contributed by atoms with E-state index < -0.39 is 0 Å². The minimum absolute atomic E-state index is 0.191. The van der Waals surface area contributed by atoms with Crippen LogP contribution in [0.5, 0.6) is 0 Å². The van der Waals surface area contributed by atoms with E-state index in [4.69, 9.17) is 11.6 Å². The van der Waals surface area contributed by atoms with Crippen LogP contribution in [0.25, 0.3) is 0 Å². The number of likely N-dealkylation sites (N-methyl/N-ethyl adjacent to an activating group) is 1. The van der Waals surface area contributed by atoms with Crippen molar-refractivity contribution in [3.05, 3.63) is 70.2 Å². The molecule has 0 aliphatic carbocycles. The molecule has 106 valence electrons. The Bertz CT molecular complexity index is 586. The summed E-state index contributed by atoms with van der Waals surface area (Å²) in [5.41, 5.74) is 1.39. The summed E-state index contributed by atoms with van der Waals surface area (Å²) >= 11 is 6.04. The predicted molar refractivity (Wildman–Crippen MR) is 77.9 cm³/mol. The lowest BCUT2D eigenvalue weighted by atomic mass is 9.98. The second-order valence-electron chi connectivity index (χ2n) is 4.57. The van der Waals surface area contributed by atoms with Crippen LogP contribution < -0.4 is 5.32 Å². The molecule has 0 saturated carbocycles. The number of halogens is 3. The second-order valence-corrected chi connectivity index (χ2v) is 4.98. The lowest BCUT2D eigenvalue weighted by Gasteiger charge is -2.19. The maximum Gasteiger partial charge on any atom is 0.127 e. The van der Waals surface area contributed by atoms with Crippen LogP contribution in [-0.2, 0) is 6.42 Å². The van der Waals surface area contributed by atoms with Crippen molar-refractivity contribution >= 4 is 11.6 Å². The highest BCUT2D eigenvalue weighted by atomic mass is 35.5. The van der Waals surface area contributed by atoms with Gasteiger partial charge in [-0.3, -0.25) is 0 Å². The van der Waals surface area contributed by atoms with Gasteiger partial charge in [0.25, 0.3) is 0 Å². The third-order valence-electron chi connectivity index (χ3n) is 3.17. The maximum atomic E-state index is 13.9. The molecule has 0 radical (unpaired) electrons. The Morgan fingerprint density at radius 2 is 1.90 bits per heavy atom. The largest absolute Gasteiger partial charge is 0.310 e. The van der Waals surface area contributed by atoms with Crippen LogP contribution in [0.4, 0.5) is 8.78 Å². The Kier molecular flexibility index (Phi) is 5.10. The van der Waals surface area contributed by atoms with Gasteiger partial charge in [-0.25, -0.2) is 8.78 Å². The molecule has 2 aromatic carbocycles. The van der Waals surface area contributed by atoms with Crippen LogP contribution in [-0.4, -0.2) is 6.54 Å². The first-order chi connectivity index (χ1) is 9.61. The van der Waals surface area contributed by atoms with Gasteiger partial charge in [0.1, 0.15) is 11.6 Å². The van der Waals surface area contributed by atoms with Crippen LogP contribution >= 0.6 is 11.6 Å². The Morgan fingerprint density at radius 1 is 1.15 bits per heavy atom. The van der Waals surface area contributed by atoms with Crippen molar-refractivity contribution < 1.29 is 8.78 Å². The molecule has 20 heavy (non-hydrogen) atoms. The summed E-state index contributed by atoms with van der Waals surface area (Å²) in [5, 5.41) is 3.60. The van der Waals surface area contributed by atoms with Crippen molar-refractivity contribution in [3.8, 4) is 0 Å². The van der Waals surface area contributed by atoms with E-state index in [9.17, 15) is 8.78 Å². The molecule has 1 nitrogen and oxygen atoms in total. The summed E-state index contributed by atoms with van der Waals surface area (Å²) in [6.07, 6.45) is 0.508. The molecule has 2 rings (SSSR count). The summed E-state index contributed by atoms with van der Waals surface area (Å²) in [4.78, 5) is 0. The molecule has 2 aromatic rings. The van der Waals surface area contributed by atoms with Crippen LogP contribution in [0.1, 0.15) is 24.1 Å². The standard InChI is InChI=1S/C16H16ClF2N/c1-2-20-16(13-5-3-4-6-15(13)19)9-11-7-8-12(18)10-14(11)17/h3-8,10,16,20H,2,9H2,1H3. The summed E-state index contributed by atoms with van der Waals surface area (Å²) in [7, 11) is 0. The van der Waals surface area contributed by atoms with Gasteiger partial charge in [-0.2, -0.15) is 0 Å². The van der Waals surface area contributed by atoms with E-state index in [0.717, 1.165) is 5.56 Å². The zero-order valence-electron chi connectivity index (χ0n) is 11.2. The van der Waals surface area contributed by atoms with E-state index in [0.29, 0.717) is 23.6 Å². The van der Waals surface area contributed by atoms with Crippen LogP contribution in [0.3, 0.4) is 0 Å². The molecule has 0 aromatic heterocycles. The SMILES string of the molecule is CCNC(Cc1ccc(F)cc1Cl)c1ccccc1F. The van der Waals surface area contributed by atoms with Gasteiger partial charge >= 0.3 is 0 Å². The minimum atomic E-state index is -0.371. The summed E-state index contributed by atoms with van der Waals surface area (Å²) in [6, 6.07) is 10.7. The van der Waals surface area contributed by atoms with Gasteiger partial charge in [0.2, 0.25) is 0 Å². The van der Waals surface area contributed by atoms with Crippen molar-refractivity contribution in [2.24, 2.45) is 0 Å². The zero-order chi connectivity index (χ0) is 14.5. The van der Waals surface area contributed by atoms with Gasteiger partial charge in [0.05, 0.1) is 0 Å². The molecular formula is C16H16ClF2N. The lowest BCUT2D eigenvalue weighted by Crippen LogP contribution is -2.24. The van der Waals surface area contributed by atoms with E-state index >= 15 is 0 Å². The molecule has 0 heterocycles. The first-order valence-electron chi connectivity index (χ1n) is 6.53. The highest BCUT2D eigenvalue weighted by molar-refractivity contribution is 6.31. The quantitative estimate of drug-likeness (QED) is 0.855. The molecule has 1 atom stereocenters. The van der Waals surface area contributed by atoms with Gasteiger partial charge in [-0.05, 0) is 36.7 Å². The molecule has 0 saturated heterocycles. The molecule has 1 unspecified atom stereocenters. The molecule has 4 heteroatoms. The van der Waals surface area contributed by atoms with E-state index in [-0.39, 0.29) is 17.7 Å². The van der Waals surface area contributed by atoms with E-state index in [1.807, 2.05) is 6.92 Å². The molecule has 0 spiro atoms. The van der Waals surface area contributed by atoms with E-state index in [1.54, 1.807) is 24.3 Å². The van der Waals surface area contributed by atoms with Crippen molar-refractivity contribution in [3.63, 3.8) is 0 Å². The smallest absolute Gasteiger partial charge is 0.127 e.